The van der Waals surface area contributed by atoms with E-state index in [0.717, 1.165) is 16.4 Å². The fraction of sp³-hybridized carbons (Fsp3) is 0.364. The zero-order chi connectivity index (χ0) is 10.1. The molecule has 2 rings (SSSR count). The molecule has 1 aromatic rings. The van der Waals surface area contributed by atoms with Crippen LogP contribution in [0.2, 0.25) is 0 Å². The van der Waals surface area contributed by atoms with Crippen LogP contribution in [-0.2, 0) is 0 Å². The zero-order valence-electron chi connectivity index (χ0n) is 8.25. The number of rotatable bonds is 1. The van der Waals surface area contributed by atoms with Crippen molar-refractivity contribution in [2.24, 2.45) is 4.99 Å². The minimum Gasteiger partial charge on any atom is -0.274 e. The van der Waals surface area contributed by atoms with E-state index >= 15 is 0 Å². The molecule has 0 amide bonds. The van der Waals surface area contributed by atoms with E-state index in [9.17, 15) is 4.39 Å². The molecular formula is C11H12FNS. The smallest absolute Gasteiger partial charge is 0.133 e. The van der Waals surface area contributed by atoms with Crippen LogP contribution in [0.15, 0.2) is 23.2 Å². The number of aliphatic imine (C=N–C) groups is 1. The molecule has 1 aliphatic rings. The summed E-state index contributed by atoms with van der Waals surface area (Å²) in [5.41, 5.74) is 1.59. The Bertz CT molecular complexity index is 387. The van der Waals surface area contributed by atoms with Gasteiger partial charge in [0.05, 0.1) is 6.04 Å². The van der Waals surface area contributed by atoms with E-state index in [-0.39, 0.29) is 5.82 Å². The SMILES string of the molecule is Cc1ccc(C2=N[C@H](C)CS2)c(F)c1. The Hall–Kier alpha value is -0.830. The van der Waals surface area contributed by atoms with Gasteiger partial charge in [-0.3, -0.25) is 4.99 Å². The summed E-state index contributed by atoms with van der Waals surface area (Å²) in [6.45, 7) is 3.94. The molecule has 0 radical (unpaired) electrons. The van der Waals surface area contributed by atoms with Gasteiger partial charge in [-0.1, -0.05) is 6.07 Å². The molecule has 1 heterocycles. The maximum atomic E-state index is 13.5. The molecule has 3 heteroatoms. The fourth-order valence-corrected chi connectivity index (χ4v) is 2.46. The lowest BCUT2D eigenvalue weighted by Gasteiger charge is -2.02. The average Bonchev–Trinajstić information content (AvgIpc) is 2.51. The Kier molecular flexibility index (Phi) is 2.59. The standard InChI is InChI=1S/C11H12FNS/c1-7-3-4-9(10(12)5-7)11-13-8(2)6-14-11/h3-5,8H,6H2,1-2H3/t8-/m1/s1. The number of aryl methyl sites for hydroxylation is 1. The highest BCUT2D eigenvalue weighted by Gasteiger charge is 2.18. The molecule has 1 nitrogen and oxygen atoms in total. The fourth-order valence-electron chi connectivity index (χ4n) is 1.42. The van der Waals surface area contributed by atoms with Crippen molar-refractivity contribution >= 4 is 16.8 Å². The normalized spacial score (nSPS) is 21.1. The van der Waals surface area contributed by atoms with Gasteiger partial charge in [-0.15, -0.1) is 11.8 Å². The molecular weight excluding hydrogens is 197 g/mol. The Morgan fingerprint density at radius 1 is 1.50 bits per heavy atom. The van der Waals surface area contributed by atoms with Gasteiger partial charge < -0.3 is 0 Å². The summed E-state index contributed by atoms with van der Waals surface area (Å²) in [5, 5.41) is 0.843. The lowest BCUT2D eigenvalue weighted by atomic mass is 10.1. The highest BCUT2D eigenvalue weighted by atomic mass is 32.2. The van der Waals surface area contributed by atoms with Crippen molar-refractivity contribution in [3.63, 3.8) is 0 Å². The second-order valence-corrected chi connectivity index (χ2v) is 4.59. The molecule has 0 aliphatic carbocycles. The van der Waals surface area contributed by atoms with Gasteiger partial charge in [-0.05, 0) is 31.5 Å². The van der Waals surface area contributed by atoms with Crippen molar-refractivity contribution in [3.05, 3.63) is 35.1 Å². The average molecular weight is 209 g/mol. The van der Waals surface area contributed by atoms with Gasteiger partial charge in [0.25, 0.3) is 0 Å². The predicted molar refractivity (Wildman–Crippen MR) is 59.6 cm³/mol. The molecule has 1 aliphatic heterocycles. The van der Waals surface area contributed by atoms with E-state index in [1.165, 1.54) is 0 Å². The summed E-state index contributed by atoms with van der Waals surface area (Å²) >= 11 is 1.63. The van der Waals surface area contributed by atoms with Gasteiger partial charge in [0.2, 0.25) is 0 Å². The van der Waals surface area contributed by atoms with E-state index in [0.29, 0.717) is 11.6 Å². The predicted octanol–water partition coefficient (Wildman–Crippen LogP) is 3.02. The third-order valence-corrected chi connectivity index (χ3v) is 3.40. The monoisotopic (exact) mass is 209 g/mol. The molecule has 0 spiro atoms. The molecule has 0 aromatic heterocycles. The minimum absolute atomic E-state index is 0.162. The third-order valence-electron chi connectivity index (χ3n) is 2.15. The Morgan fingerprint density at radius 3 is 2.86 bits per heavy atom. The first-order valence-corrected chi connectivity index (χ1v) is 5.62. The van der Waals surface area contributed by atoms with E-state index < -0.39 is 0 Å². The van der Waals surface area contributed by atoms with Crippen molar-refractivity contribution in [1.29, 1.82) is 0 Å². The van der Waals surface area contributed by atoms with E-state index in [2.05, 4.69) is 4.99 Å². The van der Waals surface area contributed by atoms with Crippen LogP contribution in [0, 0.1) is 12.7 Å². The Balaban J connectivity index is 2.37. The van der Waals surface area contributed by atoms with Gasteiger partial charge in [0.1, 0.15) is 10.9 Å². The van der Waals surface area contributed by atoms with Gasteiger partial charge in [0.15, 0.2) is 0 Å². The molecule has 14 heavy (non-hydrogen) atoms. The molecule has 1 atom stereocenters. The summed E-state index contributed by atoms with van der Waals surface area (Å²) in [5.74, 6) is 0.799. The van der Waals surface area contributed by atoms with Crippen LogP contribution < -0.4 is 0 Å². The lowest BCUT2D eigenvalue weighted by Crippen LogP contribution is -1.97. The summed E-state index contributed by atoms with van der Waals surface area (Å²) < 4.78 is 13.5. The van der Waals surface area contributed by atoms with Crippen LogP contribution >= 0.6 is 11.8 Å². The summed E-state index contributed by atoms with van der Waals surface area (Å²) in [4.78, 5) is 4.39. The molecule has 0 unspecified atom stereocenters. The summed E-state index contributed by atoms with van der Waals surface area (Å²) in [6.07, 6.45) is 0. The van der Waals surface area contributed by atoms with Gasteiger partial charge in [-0.2, -0.15) is 0 Å². The molecule has 0 saturated carbocycles. The number of nitrogens with zero attached hydrogens (tertiary/aromatic N) is 1. The second kappa shape index (κ2) is 3.73. The number of hydrogen-bond donors (Lipinski definition) is 0. The van der Waals surface area contributed by atoms with Crippen molar-refractivity contribution in [2.45, 2.75) is 19.9 Å². The first-order valence-electron chi connectivity index (χ1n) is 4.64. The zero-order valence-corrected chi connectivity index (χ0v) is 9.07. The molecule has 0 N–H and O–H groups in total. The van der Waals surface area contributed by atoms with Crippen LogP contribution in [0.25, 0.3) is 0 Å². The molecule has 0 saturated heterocycles. The van der Waals surface area contributed by atoms with Crippen molar-refractivity contribution in [3.8, 4) is 0 Å². The topological polar surface area (TPSA) is 12.4 Å². The number of hydrogen-bond acceptors (Lipinski definition) is 2. The molecule has 74 valence electrons. The van der Waals surface area contributed by atoms with Crippen LogP contribution in [-0.4, -0.2) is 16.8 Å². The number of thioether (sulfide) groups is 1. The Morgan fingerprint density at radius 2 is 2.29 bits per heavy atom. The second-order valence-electron chi connectivity index (χ2n) is 3.58. The lowest BCUT2D eigenvalue weighted by molar-refractivity contribution is 0.624. The van der Waals surface area contributed by atoms with Crippen LogP contribution in [0.4, 0.5) is 4.39 Å². The van der Waals surface area contributed by atoms with Crippen molar-refractivity contribution in [1.82, 2.24) is 0 Å². The quantitative estimate of drug-likeness (QED) is 0.692. The Labute approximate surface area is 87.4 Å². The van der Waals surface area contributed by atoms with E-state index in [1.807, 2.05) is 26.0 Å². The number of halogens is 1. The summed E-state index contributed by atoms with van der Waals surface area (Å²) in [6, 6.07) is 5.61. The van der Waals surface area contributed by atoms with Crippen molar-refractivity contribution < 1.29 is 4.39 Å². The highest BCUT2D eigenvalue weighted by molar-refractivity contribution is 8.14. The minimum atomic E-state index is -0.162. The highest BCUT2D eigenvalue weighted by Crippen LogP contribution is 2.25. The van der Waals surface area contributed by atoms with Crippen LogP contribution in [0.3, 0.4) is 0 Å². The van der Waals surface area contributed by atoms with Crippen molar-refractivity contribution in [2.75, 3.05) is 5.75 Å². The third kappa shape index (κ3) is 1.82. The van der Waals surface area contributed by atoms with Crippen LogP contribution in [0.5, 0.6) is 0 Å². The largest absolute Gasteiger partial charge is 0.274 e. The van der Waals surface area contributed by atoms with Crippen LogP contribution in [0.1, 0.15) is 18.1 Å². The first kappa shape index (κ1) is 9.71. The summed E-state index contributed by atoms with van der Waals surface area (Å²) in [7, 11) is 0. The number of benzene rings is 1. The molecule has 0 bridgehead atoms. The first-order chi connectivity index (χ1) is 6.66. The molecule has 1 aromatic carbocycles. The van der Waals surface area contributed by atoms with E-state index in [4.69, 9.17) is 0 Å². The van der Waals surface area contributed by atoms with Gasteiger partial charge >= 0.3 is 0 Å². The maximum absolute atomic E-state index is 13.5. The van der Waals surface area contributed by atoms with E-state index in [1.54, 1.807) is 17.8 Å². The maximum Gasteiger partial charge on any atom is 0.133 e. The molecule has 0 fully saturated rings. The van der Waals surface area contributed by atoms with Gasteiger partial charge in [0, 0.05) is 11.3 Å². The van der Waals surface area contributed by atoms with Gasteiger partial charge in [-0.25, -0.2) is 4.39 Å².